The first-order valence-corrected chi connectivity index (χ1v) is 8.87. The van der Waals surface area contributed by atoms with Crippen LogP contribution in [-0.2, 0) is 6.54 Å². The summed E-state index contributed by atoms with van der Waals surface area (Å²) < 4.78 is 11.6. The summed E-state index contributed by atoms with van der Waals surface area (Å²) in [5.41, 5.74) is 0.483. The van der Waals surface area contributed by atoms with Crippen LogP contribution in [-0.4, -0.2) is 50.8 Å². The molecule has 3 N–H and O–H groups in total. The second-order valence-corrected chi connectivity index (χ2v) is 6.16. The number of amides is 1. The highest BCUT2D eigenvalue weighted by Gasteiger charge is 2.20. The number of fused-ring (bicyclic) bond motifs is 1. The summed E-state index contributed by atoms with van der Waals surface area (Å²) in [6.07, 6.45) is 2.08. The molecule has 10 nitrogen and oxygen atoms in total. The number of benzene rings is 1. The summed E-state index contributed by atoms with van der Waals surface area (Å²) in [6, 6.07) is 11.0. The van der Waals surface area contributed by atoms with Crippen LogP contribution in [0.3, 0.4) is 0 Å². The van der Waals surface area contributed by atoms with Crippen molar-refractivity contribution in [3.05, 3.63) is 54.0 Å². The molecule has 0 unspecified atom stereocenters. The van der Waals surface area contributed by atoms with E-state index in [4.69, 9.17) is 9.47 Å². The average molecular weight is 381 g/mol. The molecule has 144 valence electrons. The summed E-state index contributed by atoms with van der Waals surface area (Å²) in [5, 5.41) is 19.5. The van der Waals surface area contributed by atoms with E-state index in [1.807, 2.05) is 24.3 Å². The van der Waals surface area contributed by atoms with Gasteiger partial charge in [-0.3, -0.25) is 4.79 Å². The molecular weight excluding hydrogens is 362 g/mol. The lowest BCUT2D eigenvalue weighted by atomic mass is 10.2. The lowest BCUT2D eigenvalue weighted by molar-refractivity contribution is 0.0812. The van der Waals surface area contributed by atoms with Crippen LogP contribution in [0.2, 0.25) is 0 Å². The van der Waals surface area contributed by atoms with Gasteiger partial charge in [-0.15, -0.1) is 10.2 Å². The molecule has 10 heteroatoms. The molecule has 0 aliphatic carbocycles. The van der Waals surface area contributed by atoms with Crippen molar-refractivity contribution < 1.29 is 14.3 Å². The number of hydrogen-bond acceptors (Lipinski definition) is 8. The number of hydrogen-bond donors (Lipinski definition) is 3. The van der Waals surface area contributed by atoms with E-state index >= 15 is 0 Å². The number of tetrazole rings is 1. The highest BCUT2D eigenvalue weighted by molar-refractivity contribution is 5.94. The molecule has 0 fully saturated rings. The van der Waals surface area contributed by atoms with E-state index in [0.717, 1.165) is 11.5 Å². The number of carbonyl (C=O) groups is 1. The zero-order valence-electron chi connectivity index (χ0n) is 15.0. The molecule has 1 aromatic carbocycles. The van der Waals surface area contributed by atoms with Gasteiger partial charge >= 0.3 is 0 Å². The number of para-hydroxylation sites is 2. The number of pyridine rings is 1. The Labute approximate surface area is 160 Å². The van der Waals surface area contributed by atoms with E-state index in [2.05, 4.69) is 36.2 Å². The quantitative estimate of drug-likeness (QED) is 0.557. The molecule has 1 aliphatic heterocycles. The SMILES string of the molecule is O=C(NCC[C@H]1COc2ccccc2O1)c1ccc(NCc2nn[nH]n2)nc1. The second kappa shape index (κ2) is 8.33. The van der Waals surface area contributed by atoms with Gasteiger partial charge in [-0.25, -0.2) is 4.98 Å². The minimum atomic E-state index is -0.186. The molecular formula is C18H19N7O3. The second-order valence-electron chi connectivity index (χ2n) is 6.16. The van der Waals surface area contributed by atoms with Gasteiger partial charge in [-0.1, -0.05) is 17.3 Å². The molecule has 3 aromatic rings. The van der Waals surface area contributed by atoms with Gasteiger partial charge in [-0.05, 0) is 24.3 Å². The van der Waals surface area contributed by atoms with Crippen molar-refractivity contribution in [2.24, 2.45) is 0 Å². The first-order chi connectivity index (χ1) is 13.8. The number of anilines is 1. The highest BCUT2D eigenvalue weighted by atomic mass is 16.6. The van der Waals surface area contributed by atoms with E-state index in [-0.39, 0.29) is 12.0 Å². The molecule has 3 heterocycles. The molecule has 0 saturated carbocycles. The fourth-order valence-corrected chi connectivity index (χ4v) is 2.71. The van der Waals surface area contributed by atoms with Crippen LogP contribution < -0.4 is 20.1 Å². The molecule has 0 saturated heterocycles. The summed E-state index contributed by atoms with van der Waals surface area (Å²) in [5.74, 6) is 2.45. The van der Waals surface area contributed by atoms with Crippen LogP contribution in [0.1, 0.15) is 22.6 Å². The van der Waals surface area contributed by atoms with E-state index in [1.54, 1.807) is 12.1 Å². The van der Waals surface area contributed by atoms with Crippen LogP contribution in [0.5, 0.6) is 11.5 Å². The molecule has 28 heavy (non-hydrogen) atoms. The number of ether oxygens (including phenoxy) is 2. The molecule has 0 radical (unpaired) electrons. The first-order valence-electron chi connectivity index (χ1n) is 8.87. The molecule has 2 aromatic heterocycles. The van der Waals surface area contributed by atoms with E-state index in [9.17, 15) is 4.79 Å². The third kappa shape index (κ3) is 4.34. The third-order valence-electron chi connectivity index (χ3n) is 4.16. The van der Waals surface area contributed by atoms with E-state index < -0.39 is 0 Å². The van der Waals surface area contributed by atoms with Crippen molar-refractivity contribution in [3.63, 3.8) is 0 Å². The Kier molecular flexibility index (Phi) is 5.27. The van der Waals surface area contributed by atoms with Gasteiger partial charge in [0, 0.05) is 19.2 Å². The van der Waals surface area contributed by atoms with Gasteiger partial charge in [-0.2, -0.15) is 5.21 Å². The monoisotopic (exact) mass is 381 g/mol. The molecule has 0 spiro atoms. The van der Waals surface area contributed by atoms with Crippen molar-refractivity contribution in [2.45, 2.75) is 19.1 Å². The van der Waals surface area contributed by atoms with Gasteiger partial charge < -0.3 is 20.1 Å². The van der Waals surface area contributed by atoms with Crippen LogP contribution in [0.4, 0.5) is 5.82 Å². The lowest BCUT2D eigenvalue weighted by Crippen LogP contribution is -2.34. The zero-order valence-corrected chi connectivity index (χ0v) is 15.0. The van der Waals surface area contributed by atoms with Crippen LogP contribution in [0.15, 0.2) is 42.6 Å². The third-order valence-corrected chi connectivity index (χ3v) is 4.16. The zero-order chi connectivity index (χ0) is 19.2. The Balaban J connectivity index is 1.22. The van der Waals surface area contributed by atoms with E-state index in [1.165, 1.54) is 6.20 Å². The van der Waals surface area contributed by atoms with Crippen molar-refractivity contribution in [3.8, 4) is 11.5 Å². The summed E-state index contributed by atoms with van der Waals surface area (Å²) >= 11 is 0. The molecule has 1 aliphatic rings. The molecule has 1 atom stereocenters. The van der Waals surface area contributed by atoms with Crippen LogP contribution >= 0.6 is 0 Å². The maximum atomic E-state index is 12.3. The Hall–Kier alpha value is -3.69. The summed E-state index contributed by atoms with van der Waals surface area (Å²) in [6.45, 7) is 1.34. The predicted octanol–water partition coefficient (Wildman–Crippen LogP) is 1.17. The van der Waals surface area contributed by atoms with Gasteiger partial charge in [0.1, 0.15) is 18.5 Å². The van der Waals surface area contributed by atoms with Crippen molar-refractivity contribution in [1.82, 2.24) is 30.9 Å². The first kappa shape index (κ1) is 17.7. The van der Waals surface area contributed by atoms with Gasteiger partial charge in [0.15, 0.2) is 17.3 Å². The average Bonchev–Trinajstić information content (AvgIpc) is 3.26. The Morgan fingerprint density at radius 2 is 2.11 bits per heavy atom. The lowest BCUT2D eigenvalue weighted by Gasteiger charge is -2.26. The summed E-state index contributed by atoms with van der Waals surface area (Å²) in [4.78, 5) is 16.5. The largest absolute Gasteiger partial charge is 0.486 e. The van der Waals surface area contributed by atoms with Crippen molar-refractivity contribution in [2.75, 3.05) is 18.5 Å². The normalized spacial score (nSPS) is 15.1. The van der Waals surface area contributed by atoms with Gasteiger partial charge in [0.05, 0.1) is 12.1 Å². The number of H-pyrrole nitrogens is 1. The van der Waals surface area contributed by atoms with Crippen LogP contribution in [0, 0.1) is 0 Å². The standard InChI is InChI=1S/C18H19N7O3/c26-18(12-5-6-16(20-9-12)21-10-17-22-24-25-23-17)19-8-7-13-11-27-14-3-1-2-4-15(14)28-13/h1-6,9,13H,7-8,10-11H2,(H,19,26)(H,20,21)(H,22,23,24,25)/t13-/m0/s1. The minimum Gasteiger partial charge on any atom is -0.486 e. The Morgan fingerprint density at radius 3 is 2.89 bits per heavy atom. The smallest absolute Gasteiger partial charge is 0.252 e. The molecule has 1 amide bonds. The number of carbonyl (C=O) groups excluding carboxylic acids is 1. The van der Waals surface area contributed by atoms with Gasteiger partial charge in [0.25, 0.3) is 5.91 Å². The van der Waals surface area contributed by atoms with Gasteiger partial charge in [0.2, 0.25) is 0 Å². The predicted molar refractivity (Wildman–Crippen MR) is 99.0 cm³/mol. The molecule has 4 rings (SSSR count). The fourth-order valence-electron chi connectivity index (χ4n) is 2.71. The maximum Gasteiger partial charge on any atom is 0.252 e. The number of aromatic amines is 1. The fraction of sp³-hybridized carbons (Fsp3) is 0.278. The number of nitrogens with one attached hydrogen (secondary N) is 3. The van der Waals surface area contributed by atoms with Crippen molar-refractivity contribution in [1.29, 1.82) is 0 Å². The maximum absolute atomic E-state index is 12.3. The number of aromatic nitrogens is 5. The van der Waals surface area contributed by atoms with Crippen molar-refractivity contribution >= 4 is 11.7 Å². The van der Waals surface area contributed by atoms with Crippen LogP contribution in [0.25, 0.3) is 0 Å². The molecule has 0 bridgehead atoms. The Morgan fingerprint density at radius 1 is 1.21 bits per heavy atom. The Bertz CT molecular complexity index is 915. The summed E-state index contributed by atoms with van der Waals surface area (Å²) in [7, 11) is 0. The number of rotatable bonds is 7. The topological polar surface area (TPSA) is 127 Å². The van der Waals surface area contributed by atoms with E-state index in [0.29, 0.717) is 43.3 Å². The number of nitrogens with zero attached hydrogens (tertiary/aromatic N) is 4. The minimum absolute atomic E-state index is 0.0926. The highest BCUT2D eigenvalue weighted by Crippen LogP contribution is 2.31.